The third-order valence-electron chi connectivity index (χ3n) is 4.57. The van der Waals surface area contributed by atoms with Crippen LogP contribution in [0.3, 0.4) is 0 Å². The van der Waals surface area contributed by atoms with E-state index in [1.807, 2.05) is 24.5 Å². The van der Waals surface area contributed by atoms with E-state index < -0.39 is 0 Å². The Morgan fingerprint density at radius 1 is 1.21 bits per heavy atom. The van der Waals surface area contributed by atoms with E-state index >= 15 is 0 Å². The number of nitrogens with one attached hydrogen (secondary N) is 1. The Balaban J connectivity index is 1.63. The topological polar surface area (TPSA) is 72.7 Å². The van der Waals surface area contributed by atoms with Crippen LogP contribution < -0.4 is 5.32 Å². The summed E-state index contributed by atoms with van der Waals surface area (Å²) in [5.41, 5.74) is 3.11. The molecule has 2 aromatic heterocycles. The fourth-order valence-corrected chi connectivity index (χ4v) is 3.00. The number of amides is 1. The molecule has 0 atom stereocenters. The Hall–Kier alpha value is -2.76. The SMILES string of the molecule is Cc1ccc2c(c1)nc(C)n2-c1cnc(NC(=O)C2CCC2)cn1. The van der Waals surface area contributed by atoms with Crippen LogP contribution in [0.2, 0.25) is 0 Å². The number of imidazole rings is 1. The van der Waals surface area contributed by atoms with Gasteiger partial charge in [-0.1, -0.05) is 12.5 Å². The van der Waals surface area contributed by atoms with Crippen molar-refractivity contribution in [2.45, 2.75) is 33.1 Å². The van der Waals surface area contributed by atoms with Crippen LogP contribution >= 0.6 is 0 Å². The molecule has 1 saturated carbocycles. The first-order valence-electron chi connectivity index (χ1n) is 8.21. The molecule has 0 spiro atoms. The van der Waals surface area contributed by atoms with E-state index in [9.17, 15) is 4.79 Å². The summed E-state index contributed by atoms with van der Waals surface area (Å²) in [4.78, 5) is 25.4. The highest BCUT2D eigenvalue weighted by Crippen LogP contribution is 2.27. The molecule has 1 amide bonds. The minimum Gasteiger partial charge on any atom is -0.309 e. The Bertz CT molecular complexity index is 909. The van der Waals surface area contributed by atoms with Gasteiger partial charge in [-0.05, 0) is 44.4 Å². The lowest BCUT2D eigenvalue weighted by atomic mass is 9.85. The molecule has 1 aliphatic carbocycles. The molecular weight excluding hydrogens is 302 g/mol. The molecular formula is C18H19N5O. The van der Waals surface area contributed by atoms with E-state index in [4.69, 9.17) is 0 Å². The van der Waals surface area contributed by atoms with Gasteiger partial charge in [0.05, 0.1) is 23.4 Å². The predicted octanol–water partition coefficient (Wildman–Crippen LogP) is 3.17. The third-order valence-corrected chi connectivity index (χ3v) is 4.57. The lowest BCUT2D eigenvalue weighted by Crippen LogP contribution is -2.28. The number of anilines is 1. The van der Waals surface area contributed by atoms with Crippen LogP contribution in [-0.4, -0.2) is 25.4 Å². The molecule has 0 unspecified atom stereocenters. The van der Waals surface area contributed by atoms with Gasteiger partial charge in [-0.15, -0.1) is 0 Å². The fourth-order valence-electron chi connectivity index (χ4n) is 3.00. The van der Waals surface area contributed by atoms with E-state index in [2.05, 4.69) is 32.4 Å². The van der Waals surface area contributed by atoms with Gasteiger partial charge in [-0.3, -0.25) is 9.36 Å². The standard InChI is InChI=1S/C18H19N5O/c1-11-6-7-15-14(8-11)21-12(2)23(15)17-10-19-16(9-20-17)22-18(24)13-4-3-5-13/h6-10,13H,3-5H2,1-2H3,(H,19,22,24). The van der Waals surface area contributed by atoms with Gasteiger partial charge in [0.25, 0.3) is 0 Å². The molecule has 24 heavy (non-hydrogen) atoms. The van der Waals surface area contributed by atoms with Gasteiger partial charge in [0.15, 0.2) is 11.6 Å². The van der Waals surface area contributed by atoms with Crippen molar-refractivity contribution in [3.63, 3.8) is 0 Å². The molecule has 3 aromatic rings. The first-order valence-corrected chi connectivity index (χ1v) is 8.21. The average Bonchev–Trinajstić information content (AvgIpc) is 2.81. The van der Waals surface area contributed by atoms with Crippen LogP contribution in [0.5, 0.6) is 0 Å². The molecule has 6 nitrogen and oxygen atoms in total. The number of benzene rings is 1. The van der Waals surface area contributed by atoms with E-state index in [0.29, 0.717) is 11.6 Å². The summed E-state index contributed by atoms with van der Waals surface area (Å²) in [6.07, 6.45) is 6.35. The molecule has 1 fully saturated rings. The largest absolute Gasteiger partial charge is 0.309 e. The number of carbonyl (C=O) groups excluding carboxylic acids is 1. The number of nitrogens with zero attached hydrogens (tertiary/aromatic N) is 4. The Kier molecular flexibility index (Phi) is 3.52. The van der Waals surface area contributed by atoms with Crippen LogP contribution in [0.15, 0.2) is 30.6 Å². The number of hydrogen-bond acceptors (Lipinski definition) is 4. The number of aromatic nitrogens is 4. The highest BCUT2D eigenvalue weighted by atomic mass is 16.2. The zero-order chi connectivity index (χ0) is 16.7. The maximum atomic E-state index is 12.0. The van der Waals surface area contributed by atoms with Crippen molar-refractivity contribution in [3.05, 3.63) is 42.0 Å². The van der Waals surface area contributed by atoms with Gasteiger partial charge in [0.2, 0.25) is 5.91 Å². The molecule has 0 bridgehead atoms. The summed E-state index contributed by atoms with van der Waals surface area (Å²) >= 11 is 0. The van der Waals surface area contributed by atoms with Crippen LogP contribution in [0, 0.1) is 19.8 Å². The van der Waals surface area contributed by atoms with Gasteiger partial charge < -0.3 is 5.32 Å². The molecule has 1 aliphatic rings. The number of aryl methyl sites for hydroxylation is 2. The lowest BCUT2D eigenvalue weighted by Gasteiger charge is -2.23. The van der Waals surface area contributed by atoms with E-state index in [1.165, 1.54) is 5.56 Å². The molecule has 6 heteroatoms. The smallest absolute Gasteiger partial charge is 0.228 e. The fraction of sp³-hybridized carbons (Fsp3) is 0.333. The minimum atomic E-state index is 0.0445. The molecule has 0 aliphatic heterocycles. The molecule has 122 valence electrons. The van der Waals surface area contributed by atoms with Gasteiger partial charge in [0.1, 0.15) is 5.82 Å². The second-order valence-corrected chi connectivity index (χ2v) is 6.36. The van der Waals surface area contributed by atoms with Crippen molar-refractivity contribution in [1.82, 2.24) is 19.5 Å². The van der Waals surface area contributed by atoms with Gasteiger partial charge in [-0.25, -0.2) is 15.0 Å². The van der Waals surface area contributed by atoms with Crippen molar-refractivity contribution in [2.75, 3.05) is 5.32 Å². The first-order chi connectivity index (χ1) is 11.6. The lowest BCUT2D eigenvalue weighted by molar-refractivity contribution is -0.122. The second-order valence-electron chi connectivity index (χ2n) is 6.36. The Morgan fingerprint density at radius 2 is 2.04 bits per heavy atom. The number of carbonyl (C=O) groups is 1. The van der Waals surface area contributed by atoms with Crippen molar-refractivity contribution >= 4 is 22.8 Å². The molecule has 1 N–H and O–H groups in total. The predicted molar refractivity (Wildman–Crippen MR) is 92.1 cm³/mol. The normalized spacial score (nSPS) is 14.6. The van der Waals surface area contributed by atoms with Gasteiger partial charge >= 0.3 is 0 Å². The third kappa shape index (κ3) is 2.54. The Labute approximate surface area is 140 Å². The van der Waals surface area contributed by atoms with E-state index in [1.54, 1.807) is 12.4 Å². The zero-order valence-electron chi connectivity index (χ0n) is 13.8. The number of fused-ring (bicyclic) bond motifs is 1. The quantitative estimate of drug-likeness (QED) is 0.804. The minimum absolute atomic E-state index is 0.0445. The average molecular weight is 321 g/mol. The van der Waals surface area contributed by atoms with E-state index in [-0.39, 0.29) is 11.8 Å². The molecule has 4 rings (SSSR count). The Morgan fingerprint density at radius 3 is 2.71 bits per heavy atom. The summed E-state index contributed by atoms with van der Waals surface area (Å²) < 4.78 is 1.97. The van der Waals surface area contributed by atoms with Crippen LogP contribution in [0.25, 0.3) is 16.9 Å². The second kappa shape index (κ2) is 5.70. The van der Waals surface area contributed by atoms with Crippen molar-refractivity contribution < 1.29 is 4.79 Å². The van der Waals surface area contributed by atoms with Crippen LogP contribution in [0.1, 0.15) is 30.7 Å². The highest BCUT2D eigenvalue weighted by molar-refractivity contribution is 5.92. The molecule has 2 heterocycles. The summed E-state index contributed by atoms with van der Waals surface area (Å²) in [5.74, 6) is 2.22. The summed E-state index contributed by atoms with van der Waals surface area (Å²) in [6.45, 7) is 4.00. The van der Waals surface area contributed by atoms with Crippen LogP contribution in [-0.2, 0) is 4.79 Å². The van der Waals surface area contributed by atoms with Crippen molar-refractivity contribution in [2.24, 2.45) is 5.92 Å². The molecule has 0 saturated heterocycles. The monoisotopic (exact) mass is 321 g/mol. The summed E-state index contributed by atoms with van der Waals surface area (Å²) in [7, 11) is 0. The maximum absolute atomic E-state index is 12.0. The maximum Gasteiger partial charge on any atom is 0.228 e. The van der Waals surface area contributed by atoms with Crippen molar-refractivity contribution in [3.8, 4) is 5.82 Å². The van der Waals surface area contributed by atoms with Crippen LogP contribution in [0.4, 0.5) is 5.82 Å². The highest BCUT2D eigenvalue weighted by Gasteiger charge is 2.25. The summed E-state index contributed by atoms with van der Waals surface area (Å²) in [6, 6.07) is 6.15. The number of hydrogen-bond donors (Lipinski definition) is 1. The molecule has 0 radical (unpaired) electrons. The molecule has 1 aromatic carbocycles. The zero-order valence-corrected chi connectivity index (χ0v) is 13.8. The van der Waals surface area contributed by atoms with E-state index in [0.717, 1.165) is 36.1 Å². The number of rotatable bonds is 3. The van der Waals surface area contributed by atoms with Gasteiger partial charge in [-0.2, -0.15) is 0 Å². The summed E-state index contributed by atoms with van der Waals surface area (Å²) in [5, 5.41) is 2.84. The van der Waals surface area contributed by atoms with Crippen molar-refractivity contribution in [1.29, 1.82) is 0 Å². The first kappa shape index (κ1) is 14.8. The van der Waals surface area contributed by atoms with Gasteiger partial charge in [0, 0.05) is 5.92 Å².